The van der Waals surface area contributed by atoms with Crippen molar-refractivity contribution in [3.63, 3.8) is 0 Å². The van der Waals surface area contributed by atoms with Gasteiger partial charge in [-0.15, -0.1) is 0 Å². The zero-order valence-corrected chi connectivity index (χ0v) is 13.1. The molecular weight excluding hydrogens is 286 g/mol. The smallest absolute Gasteiger partial charge is 0.328 e. The minimum Gasteiger partial charge on any atom is -0.478 e. The van der Waals surface area contributed by atoms with Gasteiger partial charge in [-0.25, -0.2) is 4.79 Å². The Morgan fingerprint density at radius 3 is 2.95 bits per heavy atom. The number of carbonyl (C=O) groups is 1. The van der Waals surface area contributed by atoms with Gasteiger partial charge in [0.2, 0.25) is 0 Å². The first kappa shape index (κ1) is 15.9. The summed E-state index contributed by atoms with van der Waals surface area (Å²) in [5.74, 6) is -0.941. The summed E-state index contributed by atoms with van der Waals surface area (Å²) in [4.78, 5) is 13.2. The number of aliphatic carboxylic acids is 1. The van der Waals surface area contributed by atoms with Crippen LogP contribution in [0, 0.1) is 0 Å². The summed E-state index contributed by atoms with van der Waals surface area (Å²) in [5.41, 5.74) is 1.97. The third kappa shape index (κ3) is 4.24. The van der Waals surface area contributed by atoms with Crippen LogP contribution in [0.3, 0.4) is 0 Å². The van der Waals surface area contributed by atoms with Crippen LogP contribution in [-0.4, -0.2) is 23.7 Å². The second-order valence-corrected chi connectivity index (χ2v) is 5.92. The van der Waals surface area contributed by atoms with Gasteiger partial charge in [0, 0.05) is 29.4 Å². The highest BCUT2D eigenvalue weighted by molar-refractivity contribution is 6.30. The molecule has 1 fully saturated rings. The van der Waals surface area contributed by atoms with Crippen LogP contribution in [0.1, 0.15) is 44.6 Å². The van der Waals surface area contributed by atoms with Crippen LogP contribution in [-0.2, 0) is 4.79 Å². The lowest BCUT2D eigenvalue weighted by Crippen LogP contribution is -2.34. The molecule has 1 aromatic rings. The van der Waals surface area contributed by atoms with Crippen molar-refractivity contribution in [3.8, 4) is 0 Å². The van der Waals surface area contributed by atoms with Gasteiger partial charge in [-0.3, -0.25) is 0 Å². The lowest BCUT2D eigenvalue weighted by atomic mass is 10.0. The summed E-state index contributed by atoms with van der Waals surface area (Å²) in [6, 6.07) is 6.25. The Morgan fingerprint density at radius 1 is 1.43 bits per heavy atom. The SMILES string of the molecule is CCC1CCCCCN1c1ccc(Cl)cc1/C=C/C(=O)O. The fourth-order valence-electron chi connectivity index (χ4n) is 3.00. The molecule has 0 aromatic heterocycles. The van der Waals surface area contributed by atoms with E-state index in [-0.39, 0.29) is 0 Å². The molecule has 1 saturated heterocycles. The van der Waals surface area contributed by atoms with Crippen LogP contribution in [0.4, 0.5) is 5.69 Å². The molecule has 1 aliphatic heterocycles. The number of carboxylic acids is 1. The minimum absolute atomic E-state index is 0.519. The zero-order chi connectivity index (χ0) is 15.2. The molecule has 1 unspecified atom stereocenters. The number of carboxylic acid groups (broad SMARTS) is 1. The highest BCUT2D eigenvalue weighted by atomic mass is 35.5. The number of benzene rings is 1. The van der Waals surface area contributed by atoms with Crippen molar-refractivity contribution >= 4 is 29.3 Å². The standard InChI is InChI=1S/C17H22ClNO2/c1-2-15-6-4-3-5-11-19(15)16-9-8-14(18)12-13(16)7-10-17(20)21/h7-10,12,15H,2-6,11H2,1H3,(H,20,21)/b10-7+. The largest absolute Gasteiger partial charge is 0.478 e. The van der Waals surface area contributed by atoms with E-state index in [9.17, 15) is 4.79 Å². The zero-order valence-electron chi connectivity index (χ0n) is 12.4. The van der Waals surface area contributed by atoms with Gasteiger partial charge < -0.3 is 10.0 Å². The predicted molar refractivity (Wildman–Crippen MR) is 88.0 cm³/mol. The van der Waals surface area contributed by atoms with Crippen LogP contribution in [0.2, 0.25) is 5.02 Å². The number of anilines is 1. The molecule has 0 saturated carbocycles. The number of hydrogen-bond donors (Lipinski definition) is 1. The summed E-state index contributed by atoms with van der Waals surface area (Å²) >= 11 is 6.07. The number of nitrogens with zero attached hydrogens (tertiary/aromatic N) is 1. The van der Waals surface area contributed by atoms with Crippen LogP contribution in [0.15, 0.2) is 24.3 Å². The van der Waals surface area contributed by atoms with E-state index in [0.29, 0.717) is 11.1 Å². The average Bonchev–Trinajstić information content (AvgIpc) is 2.70. The van der Waals surface area contributed by atoms with E-state index in [1.54, 1.807) is 6.08 Å². The third-order valence-electron chi connectivity index (χ3n) is 4.05. The molecule has 1 N–H and O–H groups in total. The van der Waals surface area contributed by atoms with Gasteiger partial charge in [-0.1, -0.05) is 31.4 Å². The van der Waals surface area contributed by atoms with Gasteiger partial charge in [0.05, 0.1) is 0 Å². The van der Waals surface area contributed by atoms with E-state index < -0.39 is 5.97 Å². The minimum atomic E-state index is -0.941. The first-order valence-corrected chi connectivity index (χ1v) is 7.97. The molecule has 0 bridgehead atoms. The maximum absolute atomic E-state index is 10.8. The second kappa shape index (κ2) is 7.51. The summed E-state index contributed by atoms with van der Waals surface area (Å²) in [7, 11) is 0. The van der Waals surface area contributed by atoms with Crippen molar-refractivity contribution in [2.45, 2.75) is 45.1 Å². The van der Waals surface area contributed by atoms with Crippen molar-refractivity contribution in [2.75, 3.05) is 11.4 Å². The molecule has 0 aliphatic carbocycles. The number of halogens is 1. The summed E-state index contributed by atoms with van der Waals surface area (Å²) in [5, 5.41) is 9.49. The van der Waals surface area contributed by atoms with E-state index in [1.165, 1.54) is 31.8 Å². The molecule has 3 nitrogen and oxygen atoms in total. The lowest BCUT2D eigenvalue weighted by molar-refractivity contribution is -0.131. The van der Waals surface area contributed by atoms with Crippen LogP contribution in [0.25, 0.3) is 6.08 Å². The van der Waals surface area contributed by atoms with E-state index in [0.717, 1.165) is 24.2 Å². The van der Waals surface area contributed by atoms with Gasteiger partial charge in [0.25, 0.3) is 0 Å². The molecule has 1 aliphatic rings. The number of hydrogen-bond acceptors (Lipinski definition) is 2. The molecular formula is C17H22ClNO2. The summed E-state index contributed by atoms with van der Waals surface area (Å²) in [6.45, 7) is 3.24. The van der Waals surface area contributed by atoms with Crippen molar-refractivity contribution in [3.05, 3.63) is 34.9 Å². The molecule has 0 amide bonds. The Morgan fingerprint density at radius 2 is 2.24 bits per heavy atom. The van der Waals surface area contributed by atoms with E-state index in [4.69, 9.17) is 16.7 Å². The van der Waals surface area contributed by atoms with Crippen molar-refractivity contribution < 1.29 is 9.90 Å². The van der Waals surface area contributed by atoms with Crippen molar-refractivity contribution in [2.24, 2.45) is 0 Å². The molecule has 114 valence electrons. The summed E-state index contributed by atoms with van der Waals surface area (Å²) in [6.07, 6.45) is 8.83. The Hall–Kier alpha value is -1.48. The Kier molecular flexibility index (Phi) is 5.68. The maximum Gasteiger partial charge on any atom is 0.328 e. The normalized spacial score (nSPS) is 19.7. The fraction of sp³-hybridized carbons (Fsp3) is 0.471. The van der Waals surface area contributed by atoms with Crippen LogP contribution in [0.5, 0.6) is 0 Å². The van der Waals surface area contributed by atoms with Crippen LogP contribution >= 0.6 is 11.6 Å². The molecule has 1 aromatic carbocycles. The highest BCUT2D eigenvalue weighted by Crippen LogP contribution is 2.31. The Bertz CT molecular complexity index is 528. The third-order valence-corrected chi connectivity index (χ3v) is 4.29. The highest BCUT2D eigenvalue weighted by Gasteiger charge is 2.21. The molecule has 1 heterocycles. The molecule has 1 atom stereocenters. The Labute approximate surface area is 131 Å². The lowest BCUT2D eigenvalue weighted by Gasteiger charge is -2.33. The number of rotatable bonds is 4. The molecule has 2 rings (SSSR count). The van der Waals surface area contributed by atoms with Crippen molar-refractivity contribution in [1.29, 1.82) is 0 Å². The monoisotopic (exact) mass is 307 g/mol. The molecule has 0 radical (unpaired) electrons. The predicted octanol–water partition coefficient (Wildman–Crippen LogP) is 4.60. The van der Waals surface area contributed by atoms with Crippen molar-refractivity contribution in [1.82, 2.24) is 0 Å². The summed E-state index contributed by atoms with van der Waals surface area (Å²) < 4.78 is 0. The molecule has 4 heteroatoms. The second-order valence-electron chi connectivity index (χ2n) is 5.48. The van der Waals surface area contributed by atoms with Gasteiger partial charge in [0.1, 0.15) is 0 Å². The van der Waals surface area contributed by atoms with E-state index >= 15 is 0 Å². The van der Waals surface area contributed by atoms with E-state index in [1.807, 2.05) is 18.2 Å². The average molecular weight is 308 g/mol. The topological polar surface area (TPSA) is 40.5 Å². The van der Waals surface area contributed by atoms with Gasteiger partial charge in [-0.05, 0) is 49.1 Å². The Balaban J connectivity index is 2.38. The molecule has 0 spiro atoms. The first-order valence-electron chi connectivity index (χ1n) is 7.59. The fourth-order valence-corrected chi connectivity index (χ4v) is 3.18. The van der Waals surface area contributed by atoms with Crippen LogP contribution < -0.4 is 4.90 Å². The van der Waals surface area contributed by atoms with Gasteiger partial charge >= 0.3 is 5.97 Å². The molecule has 21 heavy (non-hydrogen) atoms. The van der Waals surface area contributed by atoms with E-state index in [2.05, 4.69) is 11.8 Å². The quantitative estimate of drug-likeness (QED) is 0.827. The first-order chi connectivity index (χ1) is 10.1. The van der Waals surface area contributed by atoms with Gasteiger partial charge in [-0.2, -0.15) is 0 Å². The van der Waals surface area contributed by atoms with Gasteiger partial charge in [0.15, 0.2) is 0 Å². The maximum atomic E-state index is 10.8.